The van der Waals surface area contributed by atoms with E-state index in [-0.39, 0.29) is 5.56 Å². The van der Waals surface area contributed by atoms with Gasteiger partial charge in [-0.2, -0.15) is 0 Å². The first kappa shape index (κ1) is 25.6. The predicted molar refractivity (Wildman–Crippen MR) is 131 cm³/mol. The maximum absolute atomic E-state index is 12.0. The maximum Gasteiger partial charge on any atom is 0.336 e. The number of hydrogen-bond donors (Lipinski definition) is 1. The third-order valence-corrected chi connectivity index (χ3v) is 5.77. The van der Waals surface area contributed by atoms with Gasteiger partial charge in [0.15, 0.2) is 34.5 Å². The van der Waals surface area contributed by atoms with Crippen LogP contribution in [0.5, 0.6) is 34.5 Å². The molecule has 3 rings (SSSR count). The number of rotatable bonds is 11. The number of ether oxygens (including phenoxy) is 6. The number of carboxylic acids is 1. The highest BCUT2D eigenvalue weighted by Crippen LogP contribution is 2.37. The smallest absolute Gasteiger partial charge is 0.336 e. The van der Waals surface area contributed by atoms with Gasteiger partial charge in [0.1, 0.15) is 0 Å². The lowest BCUT2D eigenvalue weighted by molar-refractivity contribution is 0.0695. The number of aromatic carboxylic acids is 1. The second-order valence-corrected chi connectivity index (χ2v) is 7.69. The minimum absolute atomic E-state index is 0.134. The number of carbonyl (C=O) groups is 1. The van der Waals surface area contributed by atoms with Crippen molar-refractivity contribution < 1.29 is 38.3 Å². The fraction of sp³-hybridized carbons (Fsp3) is 0.296. The summed E-state index contributed by atoms with van der Waals surface area (Å²) in [6.45, 7) is 0. The van der Waals surface area contributed by atoms with Crippen molar-refractivity contribution in [1.29, 1.82) is 0 Å². The van der Waals surface area contributed by atoms with Crippen LogP contribution in [-0.4, -0.2) is 53.7 Å². The first-order valence-corrected chi connectivity index (χ1v) is 10.8. The summed E-state index contributed by atoms with van der Waals surface area (Å²) in [5, 5.41) is 9.85. The molecule has 0 amide bonds. The molecule has 0 spiro atoms. The van der Waals surface area contributed by atoms with Gasteiger partial charge in [-0.3, -0.25) is 0 Å². The molecule has 0 aromatic heterocycles. The molecule has 0 bridgehead atoms. The summed E-state index contributed by atoms with van der Waals surface area (Å²) in [5.74, 6) is 2.15. The van der Waals surface area contributed by atoms with E-state index in [1.807, 2.05) is 30.3 Å². The van der Waals surface area contributed by atoms with E-state index < -0.39 is 5.97 Å². The van der Waals surface area contributed by atoms with Crippen molar-refractivity contribution in [3.05, 3.63) is 70.3 Å². The van der Waals surface area contributed by atoms with Crippen LogP contribution < -0.4 is 28.4 Å². The third-order valence-electron chi connectivity index (χ3n) is 5.77. The second-order valence-electron chi connectivity index (χ2n) is 7.69. The van der Waals surface area contributed by atoms with Crippen LogP contribution in [0.3, 0.4) is 0 Å². The van der Waals surface area contributed by atoms with Crippen molar-refractivity contribution in [3.8, 4) is 34.5 Å². The van der Waals surface area contributed by atoms with Crippen LogP contribution in [0.2, 0.25) is 0 Å². The summed E-state index contributed by atoms with van der Waals surface area (Å²) in [7, 11) is 9.31. The molecular weight excluding hydrogens is 452 g/mol. The first-order chi connectivity index (χ1) is 16.9. The molecule has 0 aliphatic rings. The van der Waals surface area contributed by atoms with Crippen molar-refractivity contribution >= 4 is 5.97 Å². The Balaban J connectivity index is 2.13. The zero-order chi connectivity index (χ0) is 25.5. The summed E-state index contributed by atoms with van der Waals surface area (Å²) in [6, 6.07) is 12.7. The lowest BCUT2D eigenvalue weighted by atomic mass is 9.92. The molecule has 3 aromatic rings. The summed E-state index contributed by atoms with van der Waals surface area (Å²) in [5.41, 5.74) is 3.53. The average Bonchev–Trinajstić information content (AvgIpc) is 2.88. The van der Waals surface area contributed by atoms with Gasteiger partial charge in [-0.05, 0) is 71.5 Å². The summed E-state index contributed by atoms with van der Waals surface area (Å²) < 4.78 is 32.6. The van der Waals surface area contributed by atoms with Gasteiger partial charge in [0.2, 0.25) is 0 Å². The molecule has 8 nitrogen and oxygen atoms in total. The van der Waals surface area contributed by atoms with Crippen molar-refractivity contribution in [3.63, 3.8) is 0 Å². The number of methoxy groups -OCH3 is 6. The molecule has 0 saturated carbocycles. The molecule has 0 aliphatic heterocycles. The first-order valence-electron chi connectivity index (χ1n) is 10.8. The Hall–Kier alpha value is -4.07. The zero-order valence-electron chi connectivity index (χ0n) is 20.8. The Morgan fingerprint density at radius 1 is 0.571 bits per heavy atom. The molecular formula is C27H30O8. The Kier molecular flexibility index (Phi) is 8.30. The van der Waals surface area contributed by atoms with Crippen LogP contribution >= 0.6 is 0 Å². The van der Waals surface area contributed by atoms with Gasteiger partial charge in [-0.25, -0.2) is 4.79 Å². The topological polar surface area (TPSA) is 92.7 Å². The lowest BCUT2D eigenvalue weighted by Gasteiger charge is -2.18. The Labute approximate surface area is 204 Å². The van der Waals surface area contributed by atoms with Crippen molar-refractivity contribution in [1.82, 2.24) is 0 Å². The van der Waals surface area contributed by atoms with E-state index in [1.165, 1.54) is 20.3 Å². The van der Waals surface area contributed by atoms with E-state index >= 15 is 0 Å². The van der Waals surface area contributed by atoms with Gasteiger partial charge >= 0.3 is 5.97 Å². The molecule has 0 aliphatic carbocycles. The standard InChI is InChI=1S/C27H30O8/c1-30-21-8-7-16(10-22(21)31-2)9-17-12-23(32-3)24(33-4)13-18(17)11-19-14-25(34-5)26(35-6)15-20(19)27(28)29/h7-8,10,12-15H,9,11H2,1-6H3,(H,28,29). The quantitative estimate of drug-likeness (QED) is 0.423. The van der Waals surface area contributed by atoms with E-state index in [9.17, 15) is 9.90 Å². The molecule has 3 aromatic carbocycles. The highest BCUT2D eigenvalue weighted by atomic mass is 16.5. The van der Waals surface area contributed by atoms with Crippen LogP contribution in [0.1, 0.15) is 32.6 Å². The summed E-state index contributed by atoms with van der Waals surface area (Å²) in [6.07, 6.45) is 0.872. The van der Waals surface area contributed by atoms with Crippen LogP contribution in [-0.2, 0) is 12.8 Å². The monoisotopic (exact) mass is 482 g/mol. The highest BCUT2D eigenvalue weighted by Gasteiger charge is 2.20. The van der Waals surface area contributed by atoms with E-state index in [0.29, 0.717) is 52.9 Å². The SMILES string of the molecule is COc1ccc(Cc2cc(OC)c(OC)cc2Cc2cc(OC)c(OC)cc2C(=O)O)cc1OC. The largest absolute Gasteiger partial charge is 0.493 e. The predicted octanol–water partition coefficient (Wildman–Crippen LogP) is 4.62. The lowest BCUT2D eigenvalue weighted by Crippen LogP contribution is -2.07. The Morgan fingerprint density at radius 3 is 1.49 bits per heavy atom. The second kappa shape index (κ2) is 11.4. The maximum atomic E-state index is 12.0. The molecule has 1 N–H and O–H groups in total. The van der Waals surface area contributed by atoms with Gasteiger partial charge in [-0.15, -0.1) is 0 Å². The Bertz CT molecular complexity index is 1200. The number of carboxylic acid groups (broad SMARTS) is 1. The van der Waals surface area contributed by atoms with E-state index in [2.05, 4.69) is 0 Å². The van der Waals surface area contributed by atoms with Gasteiger partial charge in [-0.1, -0.05) is 6.07 Å². The fourth-order valence-electron chi connectivity index (χ4n) is 3.97. The highest BCUT2D eigenvalue weighted by molar-refractivity contribution is 5.90. The summed E-state index contributed by atoms with van der Waals surface area (Å²) in [4.78, 5) is 12.0. The normalized spacial score (nSPS) is 10.5. The van der Waals surface area contributed by atoms with Gasteiger partial charge < -0.3 is 33.5 Å². The van der Waals surface area contributed by atoms with Gasteiger partial charge in [0.05, 0.1) is 48.2 Å². The molecule has 0 unspecified atom stereocenters. The Morgan fingerprint density at radius 2 is 1.00 bits per heavy atom. The van der Waals surface area contributed by atoms with E-state index in [1.54, 1.807) is 34.5 Å². The van der Waals surface area contributed by atoms with Gasteiger partial charge in [0, 0.05) is 0 Å². The van der Waals surface area contributed by atoms with Gasteiger partial charge in [0.25, 0.3) is 0 Å². The van der Waals surface area contributed by atoms with Crippen molar-refractivity contribution in [2.45, 2.75) is 12.8 Å². The molecule has 186 valence electrons. The van der Waals surface area contributed by atoms with E-state index in [0.717, 1.165) is 16.7 Å². The van der Waals surface area contributed by atoms with Crippen LogP contribution in [0.25, 0.3) is 0 Å². The molecule has 35 heavy (non-hydrogen) atoms. The van der Waals surface area contributed by atoms with Crippen LogP contribution in [0, 0.1) is 0 Å². The fourth-order valence-corrected chi connectivity index (χ4v) is 3.97. The molecule has 0 saturated heterocycles. The molecule has 0 atom stereocenters. The number of hydrogen-bond acceptors (Lipinski definition) is 7. The number of benzene rings is 3. The minimum Gasteiger partial charge on any atom is -0.493 e. The molecule has 0 fully saturated rings. The van der Waals surface area contributed by atoms with Crippen molar-refractivity contribution in [2.24, 2.45) is 0 Å². The molecule has 0 heterocycles. The van der Waals surface area contributed by atoms with Crippen molar-refractivity contribution in [2.75, 3.05) is 42.7 Å². The minimum atomic E-state index is -1.05. The van der Waals surface area contributed by atoms with Crippen LogP contribution in [0.15, 0.2) is 42.5 Å². The third kappa shape index (κ3) is 5.54. The molecule has 0 radical (unpaired) electrons. The van der Waals surface area contributed by atoms with E-state index in [4.69, 9.17) is 28.4 Å². The average molecular weight is 483 g/mol. The molecule has 8 heteroatoms. The summed E-state index contributed by atoms with van der Waals surface area (Å²) >= 11 is 0. The zero-order valence-corrected chi connectivity index (χ0v) is 20.8. The van der Waals surface area contributed by atoms with Crippen LogP contribution in [0.4, 0.5) is 0 Å².